The van der Waals surface area contributed by atoms with Crippen molar-refractivity contribution in [2.24, 2.45) is 5.73 Å². The van der Waals surface area contributed by atoms with Gasteiger partial charge in [0.25, 0.3) is 0 Å². The van der Waals surface area contributed by atoms with E-state index in [9.17, 15) is 4.39 Å². The van der Waals surface area contributed by atoms with Crippen LogP contribution in [0, 0.1) is 5.82 Å². The molecule has 0 amide bonds. The van der Waals surface area contributed by atoms with Gasteiger partial charge in [-0.15, -0.1) is 0 Å². The van der Waals surface area contributed by atoms with E-state index < -0.39 is 0 Å². The molecule has 1 aromatic carbocycles. The molecule has 0 saturated heterocycles. The summed E-state index contributed by atoms with van der Waals surface area (Å²) in [5.41, 5.74) is 6.45. The minimum Gasteiger partial charge on any atom is -0.494 e. The molecule has 17 heavy (non-hydrogen) atoms. The Morgan fingerprint density at radius 1 is 1.35 bits per heavy atom. The minimum absolute atomic E-state index is 0.231. The molecule has 90 valence electrons. The summed E-state index contributed by atoms with van der Waals surface area (Å²) < 4.78 is 24.0. The van der Waals surface area contributed by atoms with E-state index in [0.29, 0.717) is 17.7 Å². The van der Waals surface area contributed by atoms with Crippen LogP contribution in [0.5, 0.6) is 5.75 Å². The molecule has 4 heteroatoms. The molecule has 1 aromatic heterocycles. The van der Waals surface area contributed by atoms with Crippen molar-refractivity contribution in [2.45, 2.75) is 12.5 Å². The molecule has 1 atom stereocenters. The van der Waals surface area contributed by atoms with E-state index >= 15 is 0 Å². The second kappa shape index (κ2) is 5.01. The lowest BCUT2D eigenvalue weighted by molar-refractivity contribution is 0.382. The highest BCUT2D eigenvalue weighted by atomic mass is 19.1. The van der Waals surface area contributed by atoms with Gasteiger partial charge in [0.05, 0.1) is 19.4 Å². The molecule has 0 aliphatic heterocycles. The first-order valence-electron chi connectivity index (χ1n) is 5.32. The van der Waals surface area contributed by atoms with Crippen LogP contribution in [0.4, 0.5) is 4.39 Å². The summed E-state index contributed by atoms with van der Waals surface area (Å²) in [6, 6.07) is 8.20. The van der Waals surface area contributed by atoms with Crippen LogP contribution < -0.4 is 10.5 Å². The fourth-order valence-corrected chi connectivity index (χ4v) is 1.71. The fourth-order valence-electron chi connectivity index (χ4n) is 1.71. The Hall–Kier alpha value is -1.81. The van der Waals surface area contributed by atoms with Crippen molar-refractivity contribution < 1.29 is 13.5 Å². The summed E-state index contributed by atoms with van der Waals surface area (Å²) in [5, 5.41) is 0. The number of hydrogen-bond acceptors (Lipinski definition) is 3. The van der Waals surface area contributed by atoms with Crippen LogP contribution in [-0.4, -0.2) is 7.11 Å². The Morgan fingerprint density at radius 3 is 2.82 bits per heavy atom. The van der Waals surface area contributed by atoms with E-state index in [1.165, 1.54) is 7.11 Å². The predicted octanol–water partition coefficient (Wildman–Crippen LogP) is 2.67. The Kier molecular flexibility index (Phi) is 3.44. The lowest BCUT2D eigenvalue weighted by atomic mass is 10.0. The largest absolute Gasteiger partial charge is 0.494 e. The lowest BCUT2D eigenvalue weighted by Crippen LogP contribution is -2.13. The fraction of sp³-hybridized carbons (Fsp3) is 0.231. The number of nitrogens with two attached hydrogens (primary N) is 1. The first kappa shape index (κ1) is 11.7. The minimum atomic E-state index is -0.364. The van der Waals surface area contributed by atoms with Gasteiger partial charge in [-0.3, -0.25) is 0 Å². The van der Waals surface area contributed by atoms with Crippen molar-refractivity contribution in [1.82, 2.24) is 0 Å². The highest BCUT2D eigenvalue weighted by molar-refractivity contribution is 5.32. The number of benzene rings is 1. The van der Waals surface area contributed by atoms with Crippen LogP contribution in [0.3, 0.4) is 0 Å². The summed E-state index contributed by atoms with van der Waals surface area (Å²) in [4.78, 5) is 0. The van der Waals surface area contributed by atoms with E-state index in [-0.39, 0.29) is 17.6 Å². The molecule has 0 bridgehead atoms. The number of rotatable bonds is 4. The van der Waals surface area contributed by atoms with Crippen molar-refractivity contribution >= 4 is 0 Å². The first-order valence-corrected chi connectivity index (χ1v) is 5.32. The number of hydrogen-bond donors (Lipinski definition) is 1. The van der Waals surface area contributed by atoms with E-state index in [4.69, 9.17) is 14.9 Å². The zero-order valence-corrected chi connectivity index (χ0v) is 9.52. The summed E-state index contributed by atoms with van der Waals surface area (Å²) >= 11 is 0. The van der Waals surface area contributed by atoms with E-state index in [0.717, 1.165) is 0 Å². The van der Waals surface area contributed by atoms with Gasteiger partial charge in [0, 0.05) is 0 Å². The molecule has 0 radical (unpaired) electrons. The van der Waals surface area contributed by atoms with Gasteiger partial charge in [-0.05, 0) is 30.2 Å². The lowest BCUT2D eigenvalue weighted by Gasteiger charge is -2.11. The summed E-state index contributed by atoms with van der Waals surface area (Å²) in [6.45, 7) is 0. The number of furan rings is 1. The summed E-state index contributed by atoms with van der Waals surface area (Å²) in [6.07, 6.45) is 1.92. The van der Waals surface area contributed by atoms with Crippen LogP contribution >= 0.6 is 0 Å². The Balaban J connectivity index is 2.19. The molecule has 2 N–H and O–H groups in total. The van der Waals surface area contributed by atoms with Crippen molar-refractivity contribution in [3.05, 3.63) is 53.7 Å². The Labute approximate surface area is 99.0 Å². The molecule has 1 unspecified atom stereocenters. The van der Waals surface area contributed by atoms with Gasteiger partial charge in [-0.25, -0.2) is 4.39 Å². The van der Waals surface area contributed by atoms with E-state index in [1.54, 1.807) is 36.6 Å². The zero-order valence-electron chi connectivity index (χ0n) is 9.52. The highest BCUT2D eigenvalue weighted by Gasteiger charge is 2.14. The predicted molar refractivity (Wildman–Crippen MR) is 62.3 cm³/mol. The first-order chi connectivity index (χ1) is 8.22. The maximum atomic E-state index is 13.9. The van der Waals surface area contributed by atoms with Gasteiger partial charge in [0.1, 0.15) is 5.76 Å². The zero-order chi connectivity index (χ0) is 12.3. The smallest absolute Gasteiger partial charge is 0.168 e. The van der Waals surface area contributed by atoms with Crippen LogP contribution in [0.1, 0.15) is 17.4 Å². The van der Waals surface area contributed by atoms with E-state index in [2.05, 4.69) is 0 Å². The van der Waals surface area contributed by atoms with Crippen LogP contribution in [0.15, 0.2) is 41.0 Å². The maximum absolute atomic E-state index is 13.9. The molecule has 0 aliphatic carbocycles. The van der Waals surface area contributed by atoms with Gasteiger partial charge in [0.15, 0.2) is 11.6 Å². The van der Waals surface area contributed by atoms with Crippen LogP contribution in [-0.2, 0) is 6.42 Å². The third-order valence-electron chi connectivity index (χ3n) is 2.61. The van der Waals surface area contributed by atoms with E-state index in [1.807, 2.05) is 0 Å². The van der Waals surface area contributed by atoms with Crippen LogP contribution in [0.25, 0.3) is 0 Å². The van der Waals surface area contributed by atoms with Crippen molar-refractivity contribution in [3.63, 3.8) is 0 Å². The second-order valence-corrected chi connectivity index (χ2v) is 3.76. The molecule has 2 aromatic rings. The molecular formula is C13H14FNO2. The van der Waals surface area contributed by atoms with Gasteiger partial charge in [-0.2, -0.15) is 0 Å². The van der Waals surface area contributed by atoms with Gasteiger partial charge >= 0.3 is 0 Å². The van der Waals surface area contributed by atoms with Gasteiger partial charge < -0.3 is 14.9 Å². The standard InChI is InChI=1S/C13H14FNO2/c1-16-12-5-2-4-9(13(12)14)8-10(15)11-6-3-7-17-11/h2-7,10H,8,15H2,1H3. The van der Waals surface area contributed by atoms with Crippen molar-refractivity contribution in [2.75, 3.05) is 7.11 Å². The molecule has 2 rings (SSSR count). The quantitative estimate of drug-likeness (QED) is 0.886. The number of methoxy groups -OCH3 is 1. The Morgan fingerprint density at radius 2 is 2.18 bits per heavy atom. The molecule has 3 nitrogen and oxygen atoms in total. The molecule has 0 saturated carbocycles. The maximum Gasteiger partial charge on any atom is 0.168 e. The van der Waals surface area contributed by atoms with Crippen molar-refractivity contribution in [1.29, 1.82) is 0 Å². The second-order valence-electron chi connectivity index (χ2n) is 3.76. The Bertz CT molecular complexity index is 482. The highest BCUT2D eigenvalue weighted by Crippen LogP contribution is 2.24. The normalized spacial score (nSPS) is 12.4. The molecular weight excluding hydrogens is 221 g/mol. The summed E-state index contributed by atoms with van der Waals surface area (Å²) in [5.74, 6) is 0.512. The number of halogens is 1. The molecule has 0 aliphatic rings. The monoisotopic (exact) mass is 235 g/mol. The SMILES string of the molecule is COc1cccc(CC(N)c2ccco2)c1F. The molecule has 0 fully saturated rings. The van der Waals surface area contributed by atoms with Gasteiger partial charge in [-0.1, -0.05) is 12.1 Å². The third kappa shape index (κ3) is 2.47. The number of ether oxygens (including phenoxy) is 1. The average molecular weight is 235 g/mol. The molecule has 0 spiro atoms. The molecule has 1 heterocycles. The van der Waals surface area contributed by atoms with Crippen LogP contribution in [0.2, 0.25) is 0 Å². The summed E-state index contributed by atoms with van der Waals surface area (Å²) in [7, 11) is 1.44. The third-order valence-corrected chi connectivity index (χ3v) is 2.61. The van der Waals surface area contributed by atoms with Gasteiger partial charge in [0.2, 0.25) is 0 Å². The average Bonchev–Trinajstić information content (AvgIpc) is 2.85. The topological polar surface area (TPSA) is 48.4 Å². The van der Waals surface area contributed by atoms with Crippen molar-refractivity contribution in [3.8, 4) is 5.75 Å².